The van der Waals surface area contributed by atoms with Crippen LogP contribution in [0.5, 0.6) is 0 Å². The highest BCUT2D eigenvalue weighted by Crippen LogP contribution is 2.20. The molecular formula is C18H26N6O3. The average molecular weight is 374 g/mol. The van der Waals surface area contributed by atoms with Crippen molar-refractivity contribution in [2.24, 2.45) is 7.05 Å². The number of anilines is 1. The molecule has 146 valence electrons. The molecule has 2 aliphatic rings. The third-order valence-electron chi connectivity index (χ3n) is 5.47. The maximum Gasteiger partial charge on any atom is 0.329 e. The normalized spacial score (nSPS) is 21.1. The molecule has 2 saturated heterocycles. The quantitative estimate of drug-likeness (QED) is 0.764. The van der Waals surface area contributed by atoms with Crippen molar-refractivity contribution in [3.8, 4) is 0 Å². The SMILES string of the molecule is Cn1c(=O)cc(N2CC[C@@H](NCc3cnn(C4CCOCC4)c3)C2)[nH]c1=O. The first-order chi connectivity index (χ1) is 13.1. The lowest BCUT2D eigenvalue weighted by Crippen LogP contribution is -2.36. The Kier molecular flexibility index (Phi) is 5.13. The van der Waals surface area contributed by atoms with Crippen LogP contribution in [0.1, 0.15) is 30.9 Å². The summed E-state index contributed by atoms with van der Waals surface area (Å²) in [4.78, 5) is 28.4. The molecule has 0 aliphatic carbocycles. The van der Waals surface area contributed by atoms with Gasteiger partial charge in [-0.25, -0.2) is 4.79 Å². The van der Waals surface area contributed by atoms with Crippen molar-refractivity contribution in [2.45, 2.75) is 37.9 Å². The second-order valence-corrected chi connectivity index (χ2v) is 7.34. The summed E-state index contributed by atoms with van der Waals surface area (Å²) in [5.74, 6) is 0.597. The maximum absolute atomic E-state index is 11.8. The molecule has 9 heteroatoms. The topological polar surface area (TPSA) is 97.2 Å². The van der Waals surface area contributed by atoms with Gasteiger partial charge in [-0.1, -0.05) is 0 Å². The summed E-state index contributed by atoms with van der Waals surface area (Å²) < 4.78 is 8.54. The van der Waals surface area contributed by atoms with Gasteiger partial charge >= 0.3 is 5.69 Å². The second-order valence-electron chi connectivity index (χ2n) is 7.34. The van der Waals surface area contributed by atoms with Crippen molar-refractivity contribution in [1.82, 2.24) is 24.6 Å². The number of hydrogen-bond donors (Lipinski definition) is 2. The summed E-state index contributed by atoms with van der Waals surface area (Å²) in [6.07, 6.45) is 7.04. The van der Waals surface area contributed by atoms with Crippen molar-refractivity contribution < 1.29 is 4.74 Å². The van der Waals surface area contributed by atoms with E-state index in [1.807, 2.05) is 11.1 Å². The van der Waals surface area contributed by atoms with Gasteiger partial charge < -0.3 is 15.0 Å². The summed E-state index contributed by atoms with van der Waals surface area (Å²) in [5, 5.41) is 8.07. The highest BCUT2D eigenvalue weighted by molar-refractivity contribution is 5.38. The average Bonchev–Trinajstić information content (AvgIpc) is 3.34. The largest absolute Gasteiger partial charge is 0.381 e. The fraction of sp³-hybridized carbons (Fsp3) is 0.611. The molecule has 0 unspecified atom stereocenters. The maximum atomic E-state index is 11.8. The standard InChI is InChI=1S/C18H26N6O3/c1-22-17(25)8-16(21-18(22)26)23-5-2-14(12-23)19-9-13-10-20-24(11-13)15-3-6-27-7-4-15/h8,10-11,14-15,19H,2-7,9,12H2,1H3,(H,21,26)/t14-/m1/s1. The van der Waals surface area contributed by atoms with Gasteiger partial charge in [-0.15, -0.1) is 0 Å². The molecule has 0 amide bonds. The van der Waals surface area contributed by atoms with Gasteiger partial charge in [0.15, 0.2) is 0 Å². The third kappa shape index (κ3) is 3.98. The molecule has 0 radical (unpaired) electrons. The van der Waals surface area contributed by atoms with Crippen molar-refractivity contribution in [3.63, 3.8) is 0 Å². The minimum Gasteiger partial charge on any atom is -0.381 e. The highest BCUT2D eigenvalue weighted by Gasteiger charge is 2.24. The van der Waals surface area contributed by atoms with Crippen molar-refractivity contribution >= 4 is 5.82 Å². The summed E-state index contributed by atoms with van der Waals surface area (Å²) >= 11 is 0. The minimum absolute atomic E-state index is 0.286. The molecule has 1 atom stereocenters. The lowest BCUT2D eigenvalue weighted by atomic mass is 10.1. The zero-order valence-corrected chi connectivity index (χ0v) is 15.6. The van der Waals surface area contributed by atoms with Gasteiger partial charge in [-0.05, 0) is 19.3 Å². The number of aromatic amines is 1. The van der Waals surface area contributed by atoms with Crippen LogP contribution in [0.4, 0.5) is 5.82 Å². The third-order valence-corrected chi connectivity index (χ3v) is 5.47. The first-order valence-corrected chi connectivity index (χ1v) is 9.49. The first kappa shape index (κ1) is 18.0. The van der Waals surface area contributed by atoms with Gasteiger partial charge in [0.2, 0.25) is 0 Å². The number of H-pyrrole nitrogens is 1. The van der Waals surface area contributed by atoms with E-state index < -0.39 is 0 Å². The van der Waals surface area contributed by atoms with E-state index in [0.717, 1.165) is 56.7 Å². The molecule has 2 aromatic heterocycles. The fourth-order valence-electron chi connectivity index (χ4n) is 3.74. The lowest BCUT2D eigenvalue weighted by Gasteiger charge is -2.22. The molecule has 2 fully saturated rings. The predicted octanol–water partition coefficient (Wildman–Crippen LogP) is -0.00990. The van der Waals surface area contributed by atoms with Gasteiger partial charge in [-0.3, -0.25) is 19.0 Å². The monoisotopic (exact) mass is 374 g/mol. The van der Waals surface area contributed by atoms with Crippen LogP contribution in [-0.2, 0) is 18.3 Å². The number of aromatic nitrogens is 4. The second kappa shape index (κ2) is 7.69. The molecule has 2 aliphatic heterocycles. The molecule has 4 heterocycles. The zero-order valence-electron chi connectivity index (χ0n) is 15.6. The Hall–Kier alpha value is -2.39. The Labute approximate surface area is 156 Å². The van der Waals surface area contributed by atoms with E-state index in [9.17, 15) is 9.59 Å². The molecule has 0 spiro atoms. The highest BCUT2D eigenvalue weighted by atomic mass is 16.5. The van der Waals surface area contributed by atoms with E-state index in [1.54, 1.807) is 0 Å². The summed E-state index contributed by atoms with van der Waals surface area (Å²) in [7, 11) is 1.47. The van der Waals surface area contributed by atoms with Gasteiger partial charge in [0, 0.05) is 63.8 Å². The Balaban J connectivity index is 1.32. The van der Waals surface area contributed by atoms with Crippen LogP contribution in [0.2, 0.25) is 0 Å². The Morgan fingerprint density at radius 3 is 2.89 bits per heavy atom. The lowest BCUT2D eigenvalue weighted by molar-refractivity contribution is 0.0662. The van der Waals surface area contributed by atoms with Gasteiger partial charge in [-0.2, -0.15) is 5.10 Å². The van der Waals surface area contributed by atoms with E-state index >= 15 is 0 Å². The molecule has 2 aromatic rings. The summed E-state index contributed by atoms with van der Waals surface area (Å²) in [6, 6.07) is 2.23. The molecule has 2 N–H and O–H groups in total. The van der Waals surface area contributed by atoms with E-state index in [-0.39, 0.29) is 11.2 Å². The van der Waals surface area contributed by atoms with E-state index in [1.165, 1.54) is 18.7 Å². The minimum atomic E-state index is -0.380. The number of nitrogens with zero attached hydrogens (tertiary/aromatic N) is 4. The van der Waals surface area contributed by atoms with Crippen LogP contribution < -0.4 is 21.5 Å². The van der Waals surface area contributed by atoms with Gasteiger partial charge in [0.1, 0.15) is 5.82 Å². The molecule has 9 nitrogen and oxygen atoms in total. The van der Waals surface area contributed by atoms with Crippen LogP contribution >= 0.6 is 0 Å². The number of ether oxygens (including phenoxy) is 1. The van der Waals surface area contributed by atoms with E-state index in [0.29, 0.717) is 17.9 Å². The Morgan fingerprint density at radius 1 is 1.30 bits per heavy atom. The van der Waals surface area contributed by atoms with E-state index in [2.05, 4.69) is 26.3 Å². The Bertz CT molecular complexity index is 864. The van der Waals surface area contributed by atoms with Crippen molar-refractivity contribution in [1.29, 1.82) is 0 Å². The van der Waals surface area contributed by atoms with Crippen LogP contribution in [0.3, 0.4) is 0 Å². The van der Waals surface area contributed by atoms with Crippen LogP contribution in [0, 0.1) is 0 Å². The molecule has 4 rings (SSSR count). The van der Waals surface area contributed by atoms with Gasteiger partial charge in [0.25, 0.3) is 5.56 Å². The van der Waals surface area contributed by atoms with Gasteiger partial charge in [0.05, 0.1) is 12.2 Å². The molecular weight excluding hydrogens is 348 g/mol. The van der Waals surface area contributed by atoms with Crippen LogP contribution in [0.25, 0.3) is 0 Å². The summed E-state index contributed by atoms with van der Waals surface area (Å²) in [5.41, 5.74) is 0.502. The van der Waals surface area contributed by atoms with Crippen molar-refractivity contribution in [3.05, 3.63) is 44.9 Å². The Morgan fingerprint density at radius 2 is 2.11 bits per heavy atom. The van der Waals surface area contributed by atoms with E-state index in [4.69, 9.17) is 4.74 Å². The summed E-state index contributed by atoms with van der Waals surface area (Å²) in [6.45, 7) is 3.94. The molecule has 27 heavy (non-hydrogen) atoms. The smallest absolute Gasteiger partial charge is 0.329 e. The zero-order chi connectivity index (χ0) is 18.8. The van der Waals surface area contributed by atoms with Crippen LogP contribution in [-0.4, -0.2) is 51.7 Å². The fourth-order valence-corrected chi connectivity index (χ4v) is 3.74. The predicted molar refractivity (Wildman–Crippen MR) is 101 cm³/mol. The molecule has 0 saturated carbocycles. The van der Waals surface area contributed by atoms with Crippen LogP contribution in [0.15, 0.2) is 28.0 Å². The van der Waals surface area contributed by atoms with Crippen molar-refractivity contribution in [2.75, 3.05) is 31.2 Å². The number of hydrogen-bond acceptors (Lipinski definition) is 6. The number of rotatable bonds is 5. The first-order valence-electron chi connectivity index (χ1n) is 9.49. The molecule has 0 aromatic carbocycles. The number of nitrogens with one attached hydrogen (secondary N) is 2. The molecule has 0 bridgehead atoms.